The second-order valence-electron chi connectivity index (χ2n) is 5.16. The lowest BCUT2D eigenvalue weighted by molar-refractivity contribution is 0.140. The van der Waals surface area contributed by atoms with Crippen LogP contribution in [0.25, 0.3) is 0 Å². The molecule has 1 amide bonds. The van der Waals surface area contributed by atoms with Crippen LogP contribution in [0.15, 0.2) is 42.5 Å². The minimum atomic E-state index is -0.845. The maximum Gasteiger partial charge on any atom is 0.438 e. The number of rotatable bonds is 5. The number of amides is 1. The monoisotopic (exact) mass is 315 g/mol. The summed E-state index contributed by atoms with van der Waals surface area (Å²) in [4.78, 5) is 11.5. The summed E-state index contributed by atoms with van der Waals surface area (Å²) in [7, 11) is 1.21. The minimum Gasteiger partial charge on any atom is -0.489 e. The number of hydrogen-bond donors (Lipinski definition) is 1. The SMILES string of the molecule is CCc1cc(C)ccc1OCc1ccccc1N(O)C(=O)OC. The normalized spacial score (nSPS) is 10.3. The van der Waals surface area contributed by atoms with E-state index in [0.29, 0.717) is 16.3 Å². The minimum absolute atomic E-state index is 0.236. The molecule has 0 aromatic heterocycles. The second kappa shape index (κ2) is 7.65. The van der Waals surface area contributed by atoms with E-state index in [2.05, 4.69) is 17.7 Å². The molecule has 0 fully saturated rings. The van der Waals surface area contributed by atoms with Crippen LogP contribution in [0.5, 0.6) is 5.75 Å². The Kier molecular flexibility index (Phi) is 5.60. The van der Waals surface area contributed by atoms with Crippen molar-refractivity contribution in [3.8, 4) is 5.75 Å². The zero-order chi connectivity index (χ0) is 16.8. The Hall–Kier alpha value is -2.53. The molecule has 0 heterocycles. The average molecular weight is 315 g/mol. The number of carbonyl (C=O) groups is 1. The highest BCUT2D eigenvalue weighted by molar-refractivity contribution is 5.85. The van der Waals surface area contributed by atoms with Gasteiger partial charge in [0.15, 0.2) is 0 Å². The molecule has 0 atom stereocenters. The molecule has 2 rings (SSSR count). The van der Waals surface area contributed by atoms with Gasteiger partial charge >= 0.3 is 6.09 Å². The molecule has 0 radical (unpaired) electrons. The van der Waals surface area contributed by atoms with Gasteiger partial charge in [-0.3, -0.25) is 5.21 Å². The van der Waals surface area contributed by atoms with Gasteiger partial charge < -0.3 is 9.47 Å². The summed E-state index contributed by atoms with van der Waals surface area (Å²) in [6.07, 6.45) is 0.0227. The predicted octanol–water partition coefficient (Wildman–Crippen LogP) is 4.10. The number of para-hydroxylation sites is 1. The Morgan fingerprint density at radius 2 is 1.91 bits per heavy atom. The van der Waals surface area contributed by atoms with E-state index < -0.39 is 6.09 Å². The first-order valence-corrected chi connectivity index (χ1v) is 7.44. The lowest BCUT2D eigenvalue weighted by Crippen LogP contribution is -2.27. The maximum atomic E-state index is 11.5. The first-order chi connectivity index (χ1) is 11.1. The van der Waals surface area contributed by atoms with Crippen LogP contribution in [0, 0.1) is 6.92 Å². The molecule has 1 N–H and O–H groups in total. The molecule has 5 nitrogen and oxygen atoms in total. The van der Waals surface area contributed by atoms with E-state index in [0.717, 1.165) is 17.7 Å². The predicted molar refractivity (Wildman–Crippen MR) is 88.0 cm³/mol. The third-order valence-electron chi connectivity index (χ3n) is 3.55. The number of hydroxylamine groups is 1. The quantitative estimate of drug-likeness (QED) is 0.666. The van der Waals surface area contributed by atoms with Crippen molar-refractivity contribution < 1.29 is 19.5 Å². The van der Waals surface area contributed by atoms with Gasteiger partial charge in [-0.1, -0.05) is 42.8 Å². The Bertz CT molecular complexity index is 684. The Balaban J connectivity index is 2.20. The second-order valence-corrected chi connectivity index (χ2v) is 5.16. The largest absolute Gasteiger partial charge is 0.489 e. The number of aryl methyl sites for hydroxylation is 2. The van der Waals surface area contributed by atoms with Gasteiger partial charge in [0.1, 0.15) is 12.4 Å². The molecule has 0 unspecified atom stereocenters. The highest BCUT2D eigenvalue weighted by Crippen LogP contribution is 2.25. The summed E-state index contributed by atoms with van der Waals surface area (Å²) >= 11 is 0. The first-order valence-electron chi connectivity index (χ1n) is 7.44. The van der Waals surface area contributed by atoms with E-state index in [1.54, 1.807) is 18.2 Å². The van der Waals surface area contributed by atoms with Crippen molar-refractivity contribution in [2.45, 2.75) is 26.9 Å². The van der Waals surface area contributed by atoms with Crippen molar-refractivity contribution in [1.29, 1.82) is 0 Å². The summed E-state index contributed by atoms with van der Waals surface area (Å²) in [6, 6.07) is 13.0. The first kappa shape index (κ1) is 16.8. The van der Waals surface area contributed by atoms with Crippen LogP contribution in [0.1, 0.15) is 23.6 Å². The fourth-order valence-corrected chi connectivity index (χ4v) is 2.31. The topological polar surface area (TPSA) is 59.0 Å². The zero-order valence-corrected chi connectivity index (χ0v) is 13.6. The Labute approximate surface area is 136 Å². The lowest BCUT2D eigenvalue weighted by Gasteiger charge is -2.18. The van der Waals surface area contributed by atoms with E-state index in [1.165, 1.54) is 12.7 Å². The Morgan fingerprint density at radius 1 is 1.17 bits per heavy atom. The summed E-state index contributed by atoms with van der Waals surface area (Å²) < 4.78 is 10.4. The van der Waals surface area contributed by atoms with E-state index in [4.69, 9.17) is 4.74 Å². The van der Waals surface area contributed by atoms with Crippen molar-refractivity contribution in [3.63, 3.8) is 0 Å². The molecule has 0 saturated carbocycles. The molecular formula is C18H21NO4. The number of benzene rings is 2. The van der Waals surface area contributed by atoms with Crippen molar-refractivity contribution in [2.75, 3.05) is 12.2 Å². The molecule has 0 saturated heterocycles. The summed E-state index contributed by atoms with van der Waals surface area (Å²) in [5.41, 5.74) is 3.32. The third kappa shape index (κ3) is 4.02. The van der Waals surface area contributed by atoms with Crippen LogP contribution < -0.4 is 9.80 Å². The molecule has 0 spiro atoms. The molecule has 0 aliphatic heterocycles. The number of carbonyl (C=O) groups excluding carboxylic acids is 1. The number of nitrogens with zero attached hydrogens (tertiary/aromatic N) is 1. The highest BCUT2D eigenvalue weighted by atomic mass is 16.6. The molecular weight excluding hydrogens is 294 g/mol. The van der Waals surface area contributed by atoms with Crippen LogP contribution in [0.3, 0.4) is 0 Å². The van der Waals surface area contributed by atoms with Gasteiger partial charge in [-0.15, -0.1) is 0 Å². The summed E-state index contributed by atoms with van der Waals surface area (Å²) in [5.74, 6) is 0.801. The molecule has 2 aromatic carbocycles. The molecule has 2 aromatic rings. The molecule has 0 aliphatic rings. The fraction of sp³-hybridized carbons (Fsp3) is 0.278. The van der Waals surface area contributed by atoms with Gasteiger partial charge in [0, 0.05) is 5.56 Å². The number of ether oxygens (including phenoxy) is 2. The summed E-state index contributed by atoms with van der Waals surface area (Å²) in [6.45, 7) is 4.35. The van der Waals surface area contributed by atoms with Crippen LogP contribution in [0.4, 0.5) is 10.5 Å². The van der Waals surface area contributed by atoms with Gasteiger partial charge in [-0.2, -0.15) is 5.06 Å². The molecule has 122 valence electrons. The smallest absolute Gasteiger partial charge is 0.438 e. The van der Waals surface area contributed by atoms with Crippen molar-refractivity contribution in [2.24, 2.45) is 0 Å². The van der Waals surface area contributed by atoms with Crippen molar-refractivity contribution in [3.05, 3.63) is 59.2 Å². The molecule has 23 heavy (non-hydrogen) atoms. The van der Waals surface area contributed by atoms with E-state index in [1.807, 2.05) is 25.1 Å². The number of hydrogen-bond acceptors (Lipinski definition) is 4. The van der Waals surface area contributed by atoms with Gasteiger partial charge in [0.2, 0.25) is 0 Å². The Morgan fingerprint density at radius 3 is 2.61 bits per heavy atom. The highest BCUT2D eigenvalue weighted by Gasteiger charge is 2.17. The van der Waals surface area contributed by atoms with Crippen molar-refractivity contribution >= 4 is 11.8 Å². The van der Waals surface area contributed by atoms with Gasteiger partial charge in [0.25, 0.3) is 0 Å². The van der Waals surface area contributed by atoms with Crippen LogP contribution >= 0.6 is 0 Å². The summed E-state index contributed by atoms with van der Waals surface area (Å²) in [5, 5.41) is 10.4. The molecule has 0 bridgehead atoms. The standard InChI is InChI=1S/C18H21NO4/c1-4-14-11-13(2)9-10-17(14)23-12-15-7-5-6-8-16(15)19(21)18(20)22-3/h5-11,21H,4,12H2,1-3H3. The van der Waals surface area contributed by atoms with E-state index >= 15 is 0 Å². The van der Waals surface area contributed by atoms with E-state index in [9.17, 15) is 10.0 Å². The lowest BCUT2D eigenvalue weighted by atomic mass is 10.1. The maximum absolute atomic E-state index is 11.5. The van der Waals surface area contributed by atoms with Crippen LogP contribution in [-0.2, 0) is 17.8 Å². The van der Waals surface area contributed by atoms with Gasteiger partial charge in [-0.25, -0.2) is 4.79 Å². The number of methoxy groups -OCH3 is 1. The van der Waals surface area contributed by atoms with Gasteiger partial charge in [-0.05, 0) is 31.0 Å². The van der Waals surface area contributed by atoms with Crippen LogP contribution in [0.2, 0.25) is 0 Å². The molecule has 0 aliphatic carbocycles. The average Bonchev–Trinajstić information content (AvgIpc) is 2.59. The van der Waals surface area contributed by atoms with Crippen LogP contribution in [-0.4, -0.2) is 18.4 Å². The number of anilines is 1. The van der Waals surface area contributed by atoms with Gasteiger partial charge in [0.05, 0.1) is 12.8 Å². The van der Waals surface area contributed by atoms with Crippen molar-refractivity contribution in [1.82, 2.24) is 0 Å². The zero-order valence-electron chi connectivity index (χ0n) is 13.6. The third-order valence-corrected chi connectivity index (χ3v) is 3.55. The van der Waals surface area contributed by atoms with E-state index in [-0.39, 0.29) is 6.61 Å². The molecule has 5 heteroatoms. The fourth-order valence-electron chi connectivity index (χ4n) is 2.31.